The molecule has 0 atom stereocenters. The van der Waals surface area contributed by atoms with E-state index >= 15 is 0 Å². The molecule has 2 aromatic heterocycles. The van der Waals surface area contributed by atoms with Crippen molar-refractivity contribution >= 4 is 32.2 Å². The Labute approximate surface area is 142 Å². The van der Waals surface area contributed by atoms with Gasteiger partial charge in [0.05, 0.1) is 10.6 Å². The van der Waals surface area contributed by atoms with Crippen molar-refractivity contribution < 1.29 is 0 Å². The third kappa shape index (κ3) is 3.59. The first-order valence-corrected chi connectivity index (χ1v) is 9.06. The van der Waals surface area contributed by atoms with Crippen molar-refractivity contribution in [1.29, 1.82) is 0 Å². The Morgan fingerprint density at radius 2 is 1.39 bits per heavy atom. The summed E-state index contributed by atoms with van der Waals surface area (Å²) in [4.78, 5) is 5.82. The molecule has 0 amide bonds. The number of aromatic nitrogens is 1. The quantitative estimate of drug-likeness (QED) is 0.362. The highest BCUT2D eigenvalue weighted by atomic mass is 32.1. The molecule has 0 unspecified atom stereocenters. The van der Waals surface area contributed by atoms with Gasteiger partial charge < -0.3 is 0 Å². The van der Waals surface area contributed by atoms with Crippen LogP contribution in [0.15, 0.2) is 66.9 Å². The maximum Gasteiger partial charge on any atom is 0.0880 e. The number of pyridine rings is 1. The number of nitrogens with zero attached hydrogens (tertiary/aromatic N) is 1. The highest BCUT2D eigenvalue weighted by molar-refractivity contribution is 7.22. The SMILES string of the molecule is CC.CC.c1ccc2sc(-c3nccc4ccccc34)cc2c1. The summed E-state index contributed by atoms with van der Waals surface area (Å²) < 4.78 is 1.31. The van der Waals surface area contributed by atoms with Crippen LogP contribution in [0.4, 0.5) is 0 Å². The van der Waals surface area contributed by atoms with Gasteiger partial charge in [-0.1, -0.05) is 70.2 Å². The summed E-state index contributed by atoms with van der Waals surface area (Å²) in [6.07, 6.45) is 1.89. The van der Waals surface area contributed by atoms with Crippen LogP contribution in [0, 0.1) is 0 Å². The van der Waals surface area contributed by atoms with Crippen molar-refractivity contribution in [2.45, 2.75) is 27.7 Å². The van der Waals surface area contributed by atoms with E-state index in [-0.39, 0.29) is 0 Å². The molecule has 0 fully saturated rings. The second-order valence-corrected chi connectivity index (χ2v) is 5.61. The van der Waals surface area contributed by atoms with Crippen LogP contribution in [0.2, 0.25) is 0 Å². The van der Waals surface area contributed by atoms with Crippen molar-refractivity contribution in [1.82, 2.24) is 4.98 Å². The first-order valence-electron chi connectivity index (χ1n) is 8.24. The van der Waals surface area contributed by atoms with E-state index in [1.165, 1.54) is 25.7 Å². The highest BCUT2D eigenvalue weighted by Crippen LogP contribution is 2.35. The molecule has 0 bridgehead atoms. The van der Waals surface area contributed by atoms with Gasteiger partial charge in [0.15, 0.2) is 0 Å². The lowest BCUT2D eigenvalue weighted by Crippen LogP contribution is -1.82. The molecule has 0 aliphatic rings. The van der Waals surface area contributed by atoms with Crippen molar-refractivity contribution in [3.05, 3.63) is 66.9 Å². The number of hydrogen-bond acceptors (Lipinski definition) is 2. The summed E-state index contributed by atoms with van der Waals surface area (Å²) in [5.41, 5.74) is 1.08. The minimum Gasteiger partial charge on any atom is -0.255 e. The average molecular weight is 321 g/mol. The van der Waals surface area contributed by atoms with Crippen molar-refractivity contribution in [2.24, 2.45) is 0 Å². The minimum absolute atomic E-state index is 1.08. The fraction of sp³-hybridized carbons (Fsp3) is 0.190. The van der Waals surface area contributed by atoms with Gasteiger partial charge in [0, 0.05) is 16.3 Å². The molecular formula is C21H23NS. The zero-order valence-electron chi connectivity index (χ0n) is 14.2. The molecule has 0 radical (unpaired) electrons. The van der Waals surface area contributed by atoms with E-state index in [9.17, 15) is 0 Å². The summed E-state index contributed by atoms with van der Waals surface area (Å²) in [6.45, 7) is 8.00. The molecule has 2 heterocycles. The normalized spacial score (nSPS) is 9.74. The van der Waals surface area contributed by atoms with Gasteiger partial charge in [0.1, 0.15) is 0 Å². The summed E-state index contributed by atoms with van der Waals surface area (Å²) in [5, 5.41) is 3.75. The van der Waals surface area contributed by atoms with E-state index in [2.05, 4.69) is 65.6 Å². The Morgan fingerprint density at radius 1 is 0.739 bits per heavy atom. The molecular weight excluding hydrogens is 298 g/mol. The molecule has 2 heteroatoms. The Bertz CT molecular complexity index is 839. The third-order valence-corrected chi connectivity index (χ3v) is 4.46. The van der Waals surface area contributed by atoms with Gasteiger partial charge >= 0.3 is 0 Å². The number of fused-ring (bicyclic) bond motifs is 2. The first-order chi connectivity index (χ1) is 11.4. The molecule has 1 nitrogen and oxygen atoms in total. The number of benzene rings is 2. The monoisotopic (exact) mass is 321 g/mol. The standard InChI is InChI=1S/C17H11NS.2C2H6/c1-3-7-14-12(5-1)9-10-18-17(14)16-11-13-6-2-4-8-15(13)19-16;2*1-2/h1-11H;2*1-2H3. The number of hydrogen-bond donors (Lipinski definition) is 0. The van der Waals surface area contributed by atoms with E-state index < -0.39 is 0 Å². The van der Waals surface area contributed by atoms with E-state index in [1.807, 2.05) is 33.9 Å². The van der Waals surface area contributed by atoms with E-state index in [0.717, 1.165) is 5.69 Å². The smallest absolute Gasteiger partial charge is 0.0880 e. The van der Waals surface area contributed by atoms with E-state index in [0.29, 0.717) is 0 Å². The Balaban J connectivity index is 0.000000448. The predicted molar refractivity (Wildman–Crippen MR) is 105 cm³/mol. The van der Waals surface area contributed by atoms with Gasteiger partial charge in [0.25, 0.3) is 0 Å². The van der Waals surface area contributed by atoms with Crippen molar-refractivity contribution in [2.75, 3.05) is 0 Å². The first kappa shape index (κ1) is 17.2. The van der Waals surface area contributed by atoms with Crippen molar-refractivity contribution in [3.8, 4) is 10.6 Å². The lowest BCUT2D eigenvalue weighted by molar-refractivity contribution is 1.37. The van der Waals surface area contributed by atoms with Gasteiger partial charge in [-0.05, 0) is 29.0 Å². The second kappa shape index (κ2) is 8.44. The molecule has 0 spiro atoms. The minimum atomic E-state index is 1.08. The fourth-order valence-electron chi connectivity index (χ4n) is 2.41. The van der Waals surface area contributed by atoms with Crippen LogP contribution in [0.5, 0.6) is 0 Å². The van der Waals surface area contributed by atoms with Gasteiger partial charge in [-0.3, -0.25) is 4.98 Å². The molecule has 0 saturated carbocycles. The van der Waals surface area contributed by atoms with Crippen LogP contribution in [0.25, 0.3) is 31.4 Å². The van der Waals surface area contributed by atoms with E-state index in [1.54, 1.807) is 11.3 Å². The summed E-state index contributed by atoms with van der Waals surface area (Å²) in [5.74, 6) is 0. The third-order valence-electron chi connectivity index (χ3n) is 3.33. The molecule has 0 aliphatic carbocycles. The Hall–Kier alpha value is -2.19. The Morgan fingerprint density at radius 3 is 2.13 bits per heavy atom. The van der Waals surface area contributed by atoms with Gasteiger partial charge in [-0.15, -0.1) is 11.3 Å². The molecule has 0 aliphatic heterocycles. The summed E-state index contributed by atoms with van der Waals surface area (Å²) >= 11 is 1.80. The molecule has 23 heavy (non-hydrogen) atoms. The lowest BCUT2D eigenvalue weighted by atomic mass is 10.1. The summed E-state index contributed by atoms with van der Waals surface area (Å²) in [7, 11) is 0. The van der Waals surface area contributed by atoms with Gasteiger partial charge in [-0.2, -0.15) is 0 Å². The maximum atomic E-state index is 4.58. The number of thiophene rings is 1. The van der Waals surface area contributed by atoms with Crippen LogP contribution in [-0.4, -0.2) is 4.98 Å². The Kier molecular flexibility index (Phi) is 6.30. The van der Waals surface area contributed by atoms with Crippen LogP contribution < -0.4 is 0 Å². The summed E-state index contributed by atoms with van der Waals surface area (Å²) in [6, 6.07) is 21.2. The molecule has 4 rings (SSSR count). The van der Waals surface area contributed by atoms with Crippen LogP contribution in [0.3, 0.4) is 0 Å². The van der Waals surface area contributed by atoms with Crippen molar-refractivity contribution in [3.63, 3.8) is 0 Å². The molecule has 118 valence electrons. The molecule has 0 saturated heterocycles. The van der Waals surface area contributed by atoms with Crippen LogP contribution >= 0.6 is 11.3 Å². The van der Waals surface area contributed by atoms with Crippen LogP contribution in [-0.2, 0) is 0 Å². The van der Waals surface area contributed by atoms with Crippen LogP contribution in [0.1, 0.15) is 27.7 Å². The van der Waals surface area contributed by atoms with E-state index in [4.69, 9.17) is 0 Å². The number of rotatable bonds is 1. The molecule has 2 aromatic carbocycles. The predicted octanol–water partition coefficient (Wildman–Crippen LogP) is 7.17. The lowest BCUT2D eigenvalue weighted by Gasteiger charge is -2.02. The topological polar surface area (TPSA) is 12.9 Å². The highest BCUT2D eigenvalue weighted by Gasteiger charge is 2.08. The maximum absolute atomic E-state index is 4.58. The average Bonchev–Trinajstić information content (AvgIpc) is 3.08. The molecule has 0 N–H and O–H groups in total. The molecule has 4 aromatic rings. The largest absolute Gasteiger partial charge is 0.255 e. The zero-order chi connectivity index (χ0) is 16.7. The second-order valence-electron chi connectivity index (χ2n) is 4.53. The van der Waals surface area contributed by atoms with Gasteiger partial charge in [0.2, 0.25) is 0 Å². The van der Waals surface area contributed by atoms with Gasteiger partial charge in [-0.25, -0.2) is 0 Å². The zero-order valence-corrected chi connectivity index (χ0v) is 15.0. The fourth-order valence-corrected chi connectivity index (χ4v) is 3.49.